The number of ether oxygens (including phenoxy) is 2. The summed E-state index contributed by atoms with van der Waals surface area (Å²) < 4.78 is 11.4. The molecular weight excluding hydrogens is 670 g/mol. The molecule has 3 aliphatic rings. The predicted molar refractivity (Wildman–Crippen MR) is 202 cm³/mol. The molecule has 2 N–H and O–H groups in total. The first-order valence-electron chi connectivity index (χ1n) is 18.6. The number of carbonyl (C=O) groups excluding carboxylic acids is 4. The maximum absolute atomic E-state index is 13.9. The second-order valence-corrected chi connectivity index (χ2v) is 14.1. The third-order valence-electron chi connectivity index (χ3n) is 10.8. The zero-order chi connectivity index (χ0) is 37.3. The Kier molecular flexibility index (Phi) is 12.4. The highest BCUT2D eigenvalue weighted by Crippen LogP contribution is 2.44. The monoisotopic (exact) mass is 719 g/mol. The zero-order valence-corrected chi connectivity index (χ0v) is 30.2. The smallest absolute Gasteiger partial charge is 0.407 e. The lowest BCUT2D eigenvalue weighted by atomic mass is 9.92. The molecule has 1 fully saturated rings. The van der Waals surface area contributed by atoms with Gasteiger partial charge in [-0.15, -0.1) is 13.2 Å². The Hall–Kier alpha value is -5.22. The molecule has 53 heavy (non-hydrogen) atoms. The van der Waals surface area contributed by atoms with Gasteiger partial charge in [0.2, 0.25) is 11.8 Å². The van der Waals surface area contributed by atoms with E-state index in [0.717, 1.165) is 39.8 Å². The minimum Gasteiger partial charge on any atom is -0.462 e. The second-order valence-electron chi connectivity index (χ2n) is 14.1. The lowest BCUT2D eigenvalue weighted by Crippen LogP contribution is -2.48. The summed E-state index contributed by atoms with van der Waals surface area (Å²) >= 11 is 0. The molecule has 0 radical (unpaired) electrons. The molecule has 278 valence electrons. The summed E-state index contributed by atoms with van der Waals surface area (Å²) in [4.78, 5) is 57.5. The number of alkyl carbamates (subject to hydrolysis) is 1. The van der Waals surface area contributed by atoms with Crippen LogP contribution in [0, 0.1) is 5.92 Å². The number of likely N-dealkylation sites (tertiary alicyclic amines) is 1. The van der Waals surface area contributed by atoms with Crippen LogP contribution in [0.15, 0.2) is 98.1 Å². The first-order valence-corrected chi connectivity index (χ1v) is 18.6. The molecule has 1 aliphatic carbocycles. The Bertz CT molecular complexity index is 1780. The van der Waals surface area contributed by atoms with Crippen molar-refractivity contribution in [3.63, 3.8) is 0 Å². The van der Waals surface area contributed by atoms with Gasteiger partial charge in [-0.05, 0) is 71.9 Å². The lowest BCUT2D eigenvalue weighted by molar-refractivity contribution is -0.151. The predicted octanol–water partition coefficient (Wildman–Crippen LogP) is 5.92. The molecule has 1 saturated heterocycles. The van der Waals surface area contributed by atoms with Crippen molar-refractivity contribution in [2.24, 2.45) is 5.92 Å². The molecule has 0 spiro atoms. The number of rotatable bonds is 15. The number of hydrogen-bond donors (Lipinski definition) is 2. The average Bonchev–Trinajstić information content (AvgIpc) is 3.79. The van der Waals surface area contributed by atoms with Gasteiger partial charge >= 0.3 is 12.1 Å². The van der Waals surface area contributed by atoms with Gasteiger partial charge in [0.25, 0.3) is 0 Å². The number of aliphatic hydroxyl groups is 1. The largest absolute Gasteiger partial charge is 0.462 e. The summed E-state index contributed by atoms with van der Waals surface area (Å²) in [5.41, 5.74) is 6.57. The van der Waals surface area contributed by atoms with E-state index in [4.69, 9.17) is 9.47 Å². The molecule has 2 aliphatic heterocycles. The van der Waals surface area contributed by atoms with Crippen LogP contribution < -0.4 is 5.32 Å². The van der Waals surface area contributed by atoms with Gasteiger partial charge in [-0.2, -0.15) is 0 Å². The van der Waals surface area contributed by atoms with Crippen LogP contribution in [0.25, 0.3) is 11.1 Å². The fourth-order valence-electron chi connectivity index (χ4n) is 7.97. The summed E-state index contributed by atoms with van der Waals surface area (Å²) in [6.07, 6.45) is 5.58. The average molecular weight is 720 g/mol. The zero-order valence-electron chi connectivity index (χ0n) is 30.2. The highest BCUT2D eigenvalue weighted by atomic mass is 16.6. The Morgan fingerprint density at radius 2 is 1.53 bits per heavy atom. The third kappa shape index (κ3) is 8.54. The van der Waals surface area contributed by atoms with Crippen LogP contribution >= 0.6 is 0 Å². The van der Waals surface area contributed by atoms with Crippen molar-refractivity contribution in [2.45, 2.75) is 75.5 Å². The van der Waals surface area contributed by atoms with Gasteiger partial charge < -0.3 is 29.7 Å². The van der Waals surface area contributed by atoms with E-state index in [-0.39, 0.29) is 62.5 Å². The number of allylic oxidation sites excluding steroid dienone is 2. The van der Waals surface area contributed by atoms with Crippen molar-refractivity contribution in [2.75, 3.05) is 26.4 Å². The SMILES string of the molecule is C=CCC[C@H](NC(=O)OCC1c2ccccc2-c2ccccc21)C(=O)OC[C@@H]1CCCN1C(=O)[C@H](CC=C)CC(=O)N1Cc2ccccc2C[C@H]1CO. The molecule has 3 aromatic rings. The molecule has 0 bridgehead atoms. The van der Waals surface area contributed by atoms with E-state index >= 15 is 0 Å². The molecule has 0 aromatic heterocycles. The second kappa shape index (κ2) is 17.5. The highest BCUT2D eigenvalue weighted by Gasteiger charge is 2.37. The van der Waals surface area contributed by atoms with E-state index in [1.165, 1.54) is 0 Å². The van der Waals surface area contributed by atoms with Crippen molar-refractivity contribution in [3.8, 4) is 11.1 Å². The van der Waals surface area contributed by atoms with E-state index in [9.17, 15) is 24.3 Å². The minimum atomic E-state index is -0.963. The molecule has 3 amide bonds. The Labute approximate surface area is 311 Å². The van der Waals surface area contributed by atoms with E-state index in [1.807, 2.05) is 60.7 Å². The normalized spacial score (nSPS) is 18.6. The Morgan fingerprint density at radius 1 is 0.849 bits per heavy atom. The number of esters is 1. The number of carbonyl (C=O) groups is 4. The van der Waals surface area contributed by atoms with Gasteiger partial charge in [0.05, 0.1) is 24.6 Å². The molecule has 6 rings (SSSR count). The summed E-state index contributed by atoms with van der Waals surface area (Å²) in [5.74, 6) is -1.74. The van der Waals surface area contributed by atoms with Gasteiger partial charge in [-0.3, -0.25) is 9.59 Å². The lowest BCUT2D eigenvalue weighted by Gasteiger charge is -2.37. The van der Waals surface area contributed by atoms with E-state index in [1.54, 1.807) is 22.0 Å². The van der Waals surface area contributed by atoms with Crippen molar-refractivity contribution in [3.05, 3.63) is 120 Å². The molecular formula is C43H49N3O7. The first kappa shape index (κ1) is 37.5. The molecule has 0 unspecified atom stereocenters. The van der Waals surface area contributed by atoms with Crippen LogP contribution in [0.1, 0.15) is 66.7 Å². The summed E-state index contributed by atoms with van der Waals surface area (Å²) in [5, 5.41) is 12.8. The van der Waals surface area contributed by atoms with E-state index < -0.39 is 24.0 Å². The maximum Gasteiger partial charge on any atom is 0.407 e. The minimum absolute atomic E-state index is 0.0137. The number of nitrogens with one attached hydrogen (secondary N) is 1. The number of aliphatic hydroxyl groups excluding tert-OH is 1. The molecule has 10 nitrogen and oxygen atoms in total. The summed E-state index contributed by atoms with van der Waals surface area (Å²) in [7, 11) is 0. The highest BCUT2D eigenvalue weighted by molar-refractivity contribution is 5.87. The number of amides is 3. The van der Waals surface area contributed by atoms with Gasteiger partial charge in [-0.1, -0.05) is 84.9 Å². The first-order chi connectivity index (χ1) is 25.8. The fraction of sp³-hybridized carbons (Fsp3) is 0.395. The van der Waals surface area contributed by atoms with Crippen LogP contribution in [-0.2, 0) is 36.8 Å². The van der Waals surface area contributed by atoms with E-state index in [2.05, 4.69) is 30.6 Å². The van der Waals surface area contributed by atoms with Crippen LogP contribution in [0.3, 0.4) is 0 Å². The van der Waals surface area contributed by atoms with Gasteiger partial charge in [0.1, 0.15) is 19.3 Å². The molecule has 10 heteroatoms. The van der Waals surface area contributed by atoms with Crippen LogP contribution in [0.2, 0.25) is 0 Å². The van der Waals surface area contributed by atoms with Crippen molar-refractivity contribution < 1.29 is 33.8 Å². The third-order valence-corrected chi connectivity index (χ3v) is 10.8. The van der Waals surface area contributed by atoms with Gasteiger partial charge in [0, 0.05) is 25.4 Å². The van der Waals surface area contributed by atoms with Crippen molar-refractivity contribution in [1.82, 2.24) is 15.1 Å². The Morgan fingerprint density at radius 3 is 2.21 bits per heavy atom. The molecule has 4 atom stereocenters. The summed E-state index contributed by atoms with van der Waals surface area (Å²) in [6.45, 7) is 8.37. The topological polar surface area (TPSA) is 125 Å². The van der Waals surface area contributed by atoms with Crippen LogP contribution in [-0.4, -0.2) is 83.3 Å². The van der Waals surface area contributed by atoms with Gasteiger partial charge in [-0.25, -0.2) is 9.59 Å². The molecule has 0 saturated carbocycles. The van der Waals surface area contributed by atoms with E-state index in [0.29, 0.717) is 38.8 Å². The van der Waals surface area contributed by atoms with Crippen molar-refractivity contribution in [1.29, 1.82) is 0 Å². The number of fused-ring (bicyclic) bond motifs is 4. The maximum atomic E-state index is 13.9. The fourth-order valence-corrected chi connectivity index (χ4v) is 7.97. The molecule has 2 heterocycles. The molecule has 3 aromatic carbocycles. The number of benzene rings is 3. The van der Waals surface area contributed by atoms with Gasteiger partial charge in [0.15, 0.2) is 0 Å². The van der Waals surface area contributed by atoms with Crippen molar-refractivity contribution >= 4 is 23.9 Å². The number of nitrogens with zero attached hydrogens (tertiary/aromatic N) is 2. The van der Waals surface area contributed by atoms with Crippen LogP contribution in [0.5, 0.6) is 0 Å². The Balaban J connectivity index is 1.04. The quantitative estimate of drug-likeness (QED) is 0.148. The standard InChI is InChI=1S/C43H49N3O7/c1-3-5-21-39(44-43(51)53-28-38-36-19-10-8-17-34(36)35-18-9-11-20-37(35)38)42(50)52-27-32-16-12-22-45(32)41(49)30(13-4-2)24-40(48)46-25-31-15-7-6-14-29(31)23-33(46)26-47/h3-4,6-11,14-15,17-20,30,32-33,38-39,47H,1-2,5,12-13,16,21-28H2,(H,44,51)/t30-,32+,33+,39+/m1/s1. The summed E-state index contributed by atoms with van der Waals surface area (Å²) in [6, 6.07) is 22.4. The number of hydrogen-bond acceptors (Lipinski definition) is 7. The van der Waals surface area contributed by atoms with Crippen LogP contribution in [0.4, 0.5) is 4.79 Å².